The number of benzene rings is 1. The van der Waals surface area contributed by atoms with Gasteiger partial charge >= 0.3 is 0 Å². The van der Waals surface area contributed by atoms with Gasteiger partial charge in [0, 0.05) is 11.6 Å². The minimum absolute atomic E-state index is 0.181. The fourth-order valence-corrected chi connectivity index (χ4v) is 3.52. The van der Waals surface area contributed by atoms with E-state index < -0.39 is 0 Å². The van der Waals surface area contributed by atoms with Crippen LogP contribution in [0.3, 0.4) is 0 Å². The molecule has 1 N–H and O–H groups in total. The van der Waals surface area contributed by atoms with Crippen molar-refractivity contribution in [3.05, 3.63) is 36.0 Å². The molecule has 3 aromatic rings. The Bertz CT molecular complexity index is 829. The summed E-state index contributed by atoms with van der Waals surface area (Å²) < 4.78 is 11.2. The molecule has 0 fully saturated rings. The van der Waals surface area contributed by atoms with Gasteiger partial charge in [0.2, 0.25) is 5.13 Å². The van der Waals surface area contributed by atoms with Crippen molar-refractivity contribution < 1.29 is 14.1 Å². The molecule has 24 heavy (non-hydrogen) atoms. The Hall–Kier alpha value is -2.39. The predicted octanol–water partition coefficient (Wildman–Crippen LogP) is 3.57. The second kappa shape index (κ2) is 7.45. The molecule has 0 unspecified atom stereocenters. The highest BCUT2D eigenvalue weighted by Crippen LogP contribution is 2.26. The molecule has 124 valence electrons. The van der Waals surface area contributed by atoms with Crippen molar-refractivity contribution >= 4 is 34.1 Å². The summed E-state index contributed by atoms with van der Waals surface area (Å²) in [6.07, 6.45) is 0. The molecule has 0 atom stereocenters. The van der Waals surface area contributed by atoms with Crippen molar-refractivity contribution in [1.29, 1.82) is 0 Å². The zero-order valence-electron chi connectivity index (χ0n) is 13.0. The maximum atomic E-state index is 12.2. The highest BCUT2D eigenvalue weighted by atomic mass is 32.2. The van der Waals surface area contributed by atoms with Crippen LogP contribution in [0.2, 0.25) is 0 Å². The maximum absolute atomic E-state index is 12.2. The SMILES string of the molecule is CCSc1nnc(NC(=O)c2cc(-c3ccc(OC)cc3)on2)s1. The summed E-state index contributed by atoms with van der Waals surface area (Å²) in [5.74, 6) is 1.76. The van der Waals surface area contributed by atoms with Gasteiger partial charge in [-0.1, -0.05) is 35.2 Å². The molecule has 1 aromatic carbocycles. The van der Waals surface area contributed by atoms with E-state index in [2.05, 4.69) is 20.7 Å². The lowest BCUT2D eigenvalue weighted by Gasteiger charge is -1.99. The Balaban J connectivity index is 1.70. The van der Waals surface area contributed by atoms with Gasteiger partial charge < -0.3 is 9.26 Å². The van der Waals surface area contributed by atoms with E-state index in [-0.39, 0.29) is 11.6 Å². The lowest BCUT2D eigenvalue weighted by atomic mass is 10.1. The Kier molecular flexibility index (Phi) is 5.11. The lowest BCUT2D eigenvalue weighted by Crippen LogP contribution is -2.11. The van der Waals surface area contributed by atoms with Crippen LogP contribution in [0.1, 0.15) is 17.4 Å². The quantitative estimate of drug-likeness (QED) is 0.529. The molecular weight excluding hydrogens is 348 g/mol. The average molecular weight is 362 g/mol. The second-order valence-electron chi connectivity index (χ2n) is 4.57. The summed E-state index contributed by atoms with van der Waals surface area (Å²) in [4.78, 5) is 12.2. The number of amides is 1. The van der Waals surface area contributed by atoms with Gasteiger partial charge in [-0.05, 0) is 30.0 Å². The third-order valence-corrected chi connectivity index (χ3v) is 4.87. The lowest BCUT2D eigenvalue weighted by molar-refractivity contribution is 0.101. The molecule has 9 heteroatoms. The standard InChI is InChI=1S/C15H14N4O3S2/c1-3-23-15-18-17-14(24-15)16-13(20)11-8-12(22-19-11)9-4-6-10(21-2)7-5-9/h4-8H,3H2,1-2H3,(H,16,17,20). The summed E-state index contributed by atoms with van der Waals surface area (Å²) in [7, 11) is 1.60. The van der Waals surface area contributed by atoms with Gasteiger partial charge in [0.25, 0.3) is 5.91 Å². The number of carbonyl (C=O) groups excluding carboxylic acids is 1. The number of anilines is 1. The molecule has 0 aliphatic carbocycles. The van der Waals surface area contributed by atoms with E-state index in [0.717, 1.165) is 21.4 Å². The molecule has 0 spiro atoms. The molecule has 3 rings (SSSR count). The normalized spacial score (nSPS) is 10.6. The molecule has 0 aliphatic heterocycles. The fourth-order valence-electron chi connectivity index (χ4n) is 1.88. The van der Waals surface area contributed by atoms with Crippen LogP contribution < -0.4 is 10.1 Å². The van der Waals surface area contributed by atoms with E-state index in [9.17, 15) is 4.79 Å². The van der Waals surface area contributed by atoms with Gasteiger partial charge in [-0.15, -0.1) is 10.2 Å². The van der Waals surface area contributed by atoms with Crippen molar-refractivity contribution in [2.75, 3.05) is 18.2 Å². The van der Waals surface area contributed by atoms with Crippen molar-refractivity contribution in [2.45, 2.75) is 11.3 Å². The van der Waals surface area contributed by atoms with Crippen LogP contribution >= 0.6 is 23.1 Å². The number of aromatic nitrogens is 3. The average Bonchev–Trinajstić information content (AvgIpc) is 3.25. The number of nitrogens with one attached hydrogen (secondary N) is 1. The van der Waals surface area contributed by atoms with Gasteiger partial charge in [0.1, 0.15) is 5.75 Å². The monoisotopic (exact) mass is 362 g/mol. The zero-order valence-corrected chi connectivity index (χ0v) is 14.6. The molecule has 0 bridgehead atoms. The molecule has 0 saturated heterocycles. The van der Waals surface area contributed by atoms with E-state index in [1.54, 1.807) is 24.9 Å². The number of thioether (sulfide) groups is 1. The maximum Gasteiger partial charge on any atom is 0.279 e. The van der Waals surface area contributed by atoms with Gasteiger partial charge in [0.05, 0.1) is 7.11 Å². The van der Waals surface area contributed by atoms with Gasteiger partial charge in [-0.25, -0.2) is 0 Å². The smallest absolute Gasteiger partial charge is 0.279 e. The van der Waals surface area contributed by atoms with E-state index in [1.165, 1.54) is 11.3 Å². The van der Waals surface area contributed by atoms with E-state index in [4.69, 9.17) is 9.26 Å². The van der Waals surface area contributed by atoms with Crippen LogP contribution in [0.15, 0.2) is 39.2 Å². The number of nitrogens with zero attached hydrogens (tertiary/aromatic N) is 3. The van der Waals surface area contributed by atoms with Crippen LogP contribution in [-0.2, 0) is 0 Å². The molecule has 0 saturated carbocycles. The number of hydrogen-bond donors (Lipinski definition) is 1. The first-order valence-corrected chi connectivity index (χ1v) is 8.88. The number of methoxy groups -OCH3 is 1. The van der Waals surface area contributed by atoms with E-state index in [0.29, 0.717) is 10.9 Å². The first-order valence-electron chi connectivity index (χ1n) is 7.08. The summed E-state index contributed by atoms with van der Waals surface area (Å²) in [5, 5.41) is 14.8. The van der Waals surface area contributed by atoms with E-state index in [1.807, 2.05) is 31.2 Å². The van der Waals surface area contributed by atoms with Gasteiger partial charge in [-0.2, -0.15) is 0 Å². The number of rotatable bonds is 6. The zero-order chi connectivity index (χ0) is 16.9. The summed E-state index contributed by atoms with van der Waals surface area (Å²) in [6, 6.07) is 8.87. The molecule has 2 aromatic heterocycles. The largest absolute Gasteiger partial charge is 0.497 e. The van der Waals surface area contributed by atoms with Crippen LogP contribution in [0.5, 0.6) is 5.75 Å². The molecule has 7 nitrogen and oxygen atoms in total. The Labute approximate surface area is 146 Å². The van der Waals surface area contributed by atoms with Crippen molar-refractivity contribution in [3.8, 4) is 17.1 Å². The minimum Gasteiger partial charge on any atom is -0.497 e. The molecule has 1 amide bonds. The molecule has 2 heterocycles. The van der Waals surface area contributed by atoms with Crippen LogP contribution in [-0.4, -0.2) is 34.1 Å². The van der Waals surface area contributed by atoms with Gasteiger partial charge in [0.15, 0.2) is 15.8 Å². The third-order valence-electron chi connectivity index (χ3n) is 3.01. The molecular formula is C15H14N4O3S2. The summed E-state index contributed by atoms with van der Waals surface area (Å²) >= 11 is 2.90. The first-order chi connectivity index (χ1) is 11.7. The Morgan fingerprint density at radius 3 is 2.83 bits per heavy atom. The minimum atomic E-state index is -0.386. The summed E-state index contributed by atoms with van der Waals surface area (Å²) in [6.45, 7) is 2.03. The van der Waals surface area contributed by atoms with E-state index >= 15 is 0 Å². The Morgan fingerprint density at radius 2 is 2.12 bits per heavy atom. The fraction of sp³-hybridized carbons (Fsp3) is 0.200. The number of hydrogen-bond acceptors (Lipinski definition) is 8. The van der Waals surface area contributed by atoms with Crippen molar-refractivity contribution in [3.63, 3.8) is 0 Å². The first kappa shape index (κ1) is 16.5. The van der Waals surface area contributed by atoms with Crippen LogP contribution in [0.25, 0.3) is 11.3 Å². The highest BCUT2D eigenvalue weighted by molar-refractivity contribution is 8.01. The topological polar surface area (TPSA) is 90.1 Å². The molecule has 0 radical (unpaired) electrons. The highest BCUT2D eigenvalue weighted by Gasteiger charge is 2.16. The Morgan fingerprint density at radius 1 is 1.33 bits per heavy atom. The van der Waals surface area contributed by atoms with Crippen LogP contribution in [0.4, 0.5) is 5.13 Å². The number of carbonyl (C=O) groups is 1. The van der Waals surface area contributed by atoms with Crippen molar-refractivity contribution in [1.82, 2.24) is 15.4 Å². The number of ether oxygens (including phenoxy) is 1. The van der Waals surface area contributed by atoms with Crippen molar-refractivity contribution in [2.24, 2.45) is 0 Å². The van der Waals surface area contributed by atoms with Gasteiger partial charge in [-0.3, -0.25) is 10.1 Å². The predicted molar refractivity (Wildman–Crippen MR) is 92.8 cm³/mol. The second-order valence-corrected chi connectivity index (χ2v) is 7.05. The molecule has 0 aliphatic rings. The summed E-state index contributed by atoms with van der Waals surface area (Å²) in [5.41, 5.74) is 0.987. The third kappa shape index (κ3) is 3.74. The van der Waals surface area contributed by atoms with Crippen LogP contribution in [0, 0.1) is 0 Å².